The molecule has 3 N–H and O–H groups in total. The first-order valence-electron chi connectivity index (χ1n) is 5.28. The van der Waals surface area contributed by atoms with Crippen LogP contribution in [0.1, 0.15) is 13.3 Å². The minimum atomic E-state index is -0.578. The molecule has 1 unspecified atom stereocenters. The molecule has 1 saturated heterocycles. The van der Waals surface area contributed by atoms with Crippen molar-refractivity contribution in [3.8, 4) is 0 Å². The van der Waals surface area contributed by atoms with Crippen molar-refractivity contribution in [3.05, 3.63) is 12.1 Å². The van der Waals surface area contributed by atoms with Crippen molar-refractivity contribution >= 4 is 11.6 Å². The van der Waals surface area contributed by atoms with E-state index in [-0.39, 0.29) is 23.7 Å². The lowest BCUT2D eigenvalue weighted by atomic mass is 9.97. The van der Waals surface area contributed by atoms with E-state index in [0.29, 0.717) is 19.5 Å². The van der Waals surface area contributed by atoms with Gasteiger partial charge in [0, 0.05) is 13.1 Å². The SMILES string of the molecule is CC1CN(c2ncnc(N)c2F)CC[C@H]1O. The molecule has 16 heavy (non-hydrogen) atoms. The van der Waals surface area contributed by atoms with E-state index in [1.54, 1.807) is 4.90 Å². The van der Waals surface area contributed by atoms with Gasteiger partial charge in [-0.2, -0.15) is 4.39 Å². The maximum absolute atomic E-state index is 13.7. The fourth-order valence-electron chi connectivity index (χ4n) is 1.92. The smallest absolute Gasteiger partial charge is 0.207 e. The number of aliphatic hydroxyl groups excluding tert-OH is 1. The summed E-state index contributed by atoms with van der Waals surface area (Å²) in [6.07, 6.45) is 1.55. The van der Waals surface area contributed by atoms with Crippen LogP contribution in [0.25, 0.3) is 0 Å². The van der Waals surface area contributed by atoms with Gasteiger partial charge in [0.1, 0.15) is 6.33 Å². The fourth-order valence-corrected chi connectivity index (χ4v) is 1.92. The summed E-state index contributed by atoms with van der Waals surface area (Å²) in [5, 5.41) is 9.59. The van der Waals surface area contributed by atoms with Gasteiger partial charge in [0.25, 0.3) is 0 Å². The zero-order valence-electron chi connectivity index (χ0n) is 9.10. The second-order valence-electron chi connectivity index (χ2n) is 4.18. The maximum atomic E-state index is 13.7. The molecule has 6 heteroatoms. The topological polar surface area (TPSA) is 75.3 Å². The molecule has 5 nitrogen and oxygen atoms in total. The summed E-state index contributed by atoms with van der Waals surface area (Å²) in [6, 6.07) is 0. The first-order valence-corrected chi connectivity index (χ1v) is 5.28. The number of aromatic nitrogens is 2. The third kappa shape index (κ3) is 1.92. The molecule has 2 atom stereocenters. The fraction of sp³-hybridized carbons (Fsp3) is 0.600. The predicted octanol–water partition coefficient (Wildman–Crippen LogP) is 0.405. The van der Waals surface area contributed by atoms with Gasteiger partial charge in [-0.1, -0.05) is 6.92 Å². The second kappa shape index (κ2) is 4.21. The van der Waals surface area contributed by atoms with Crippen molar-refractivity contribution in [3.63, 3.8) is 0 Å². The number of piperidine rings is 1. The summed E-state index contributed by atoms with van der Waals surface area (Å²) in [5.74, 6) is -0.384. The molecule has 2 rings (SSSR count). The Bertz CT molecular complexity index is 387. The number of aliphatic hydroxyl groups is 1. The van der Waals surface area contributed by atoms with Gasteiger partial charge in [-0.05, 0) is 12.3 Å². The van der Waals surface area contributed by atoms with Gasteiger partial charge >= 0.3 is 0 Å². The standard InChI is InChI=1S/C10H15FN4O/c1-6-4-15(3-2-7(6)16)10-8(11)9(12)13-5-14-10/h5-7,16H,2-4H2,1H3,(H2,12,13,14)/t6?,7-/m1/s1. The number of rotatable bonds is 1. The minimum absolute atomic E-state index is 0.101. The van der Waals surface area contributed by atoms with Crippen molar-refractivity contribution in [2.24, 2.45) is 5.92 Å². The second-order valence-corrected chi connectivity index (χ2v) is 4.18. The van der Waals surface area contributed by atoms with Crippen LogP contribution in [0.3, 0.4) is 0 Å². The van der Waals surface area contributed by atoms with Gasteiger partial charge in [0.05, 0.1) is 6.10 Å². The molecule has 0 saturated carbocycles. The number of halogens is 1. The van der Waals surface area contributed by atoms with E-state index in [0.717, 1.165) is 0 Å². The Kier molecular flexibility index (Phi) is 2.91. The van der Waals surface area contributed by atoms with Crippen molar-refractivity contribution in [2.45, 2.75) is 19.4 Å². The Hall–Kier alpha value is -1.43. The number of nitrogens with two attached hydrogens (primary N) is 1. The quantitative estimate of drug-likeness (QED) is 0.725. The number of nitrogens with zero attached hydrogens (tertiary/aromatic N) is 3. The number of hydrogen-bond acceptors (Lipinski definition) is 5. The Morgan fingerprint density at radius 1 is 1.56 bits per heavy atom. The summed E-state index contributed by atoms with van der Waals surface area (Å²) < 4.78 is 13.7. The van der Waals surface area contributed by atoms with Crippen molar-refractivity contribution in [1.29, 1.82) is 0 Å². The minimum Gasteiger partial charge on any atom is -0.393 e. The van der Waals surface area contributed by atoms with Crippen LogP contribution in [0.15, 0.2) is 6.33 Å². The lowest BCUT2D eigenvalue weighted by Gasteiger charge is -2.35. The third-order valence-electron chi connectivity index (χ3n) is 2.96. The maximum Gasteiger partial charge on any atom is 0.207 e. The largest absolute Gasteiger partial charge is 0.393 e. The van der Waals surface area contributed by atoms with Crippen LogP contribution in [0, 0.1) is 11.7 Å². The van der Waals surface area contributed by atoms with E-state index in [1.807, 2.05) is 6.92 Å². The zero-order valence-corrected chi connectivity index (χ0v) is 9.10. The van der Waals surface area contributed by atoms with Gasteiger partial charge in [-0.25, -0.2) is 9.97 Å². The lowest BCUT2D eigenvalue weighted by Crippen LogP contribution is -2.42. The monoisotopic (exact) mass is 226 g/mol. The van der Waals surface area contributed by atoms with Gasteiger partial charge in [-0.3, -0.25) is 0 Å². The summed E-state index contributed by atoms with van der Waals surface area (Å²) in [6.45, 7) is 3.09. The van der Waals surface area contributed by atoms with Crippen molar-refractivity contribution in [1.82, 2.24) is 9.97 Å². The van der Waals surface area contributed by atoms with Crippen molar-refractivity contribution < 1.29 is 9.50 Å². The zero-order chi connectivity index (χ0) is 11.7. The first kappa shape index (κ1) is 11.1. The molecule has 0 radical (unpaired) electrons. The van der Waals surface area contributed by atoms with E-state index in [9.17, 15) is 9.50 Å². The molecule has 1 aliphatic heterocycles. The summed E-state index contributed by atoms with van der Waals surface area (Å²) in [7, 11) is 0. The highest BCUT2D eigenvalue weighted by molar-refractivity contribution is 5.48. The van der Waals surface area contributed by atoms with Crippen LogP contribution in [0.4, 0.5) is 16.0 Å². The van der Waals surface area contributed by atoms with E-state index >= 15 is 0 Å². The van der Waals surface area contributed by atoms with Crippen LogP contribution in [-0.2, 0) is 0 Å². The Balaban J connectivity index is 2.22. The van der Waals surface area contributed by atoms with Crippen LogP contribution < -0.4 is 10.6 Å². The molecule has 1 aromatic heterocycles. The highest BCUT2D eigenvalue weighted by Gasteiger charge is 2.27. The number of anilines is 2. The van der Waals surface area contributed by atoms with Crippen LogP contribution in [0.2, 0.25) is 0 Å². The van der Waals surface area contributed by atoms with E-state index in [4.69, 9.17) is 5.73 Å². The highest BCUT2D eigenvalue weighted by Crippen LogP contribution is 2.25. The van der Waals surface area contributed by atoms with Gasteiger partial charge in [-0.15, -0.1) is 0 Å². The molecule has 1 aliphatic rings. The molecular weight excluding hydrogens is 211 g/mol. The molecule has 1 fully saturated rings. The molecule has 2 heterocycles. The third-order valence-corrected chi connectivity index (χ3v) is 2.96. The molecule has 0 bridgehead atoms. The van der Waals surface area contributed by atoms with E-state index in [1.165, 1.54) is 6.33 Å². The van der Waals surface area contributed by atoms with Gasteiger partial charge < -0.3 is 15.7 Å². The average Bonchev–Trinajstić information content (AvgIpc) is 2.26. The predicted molar refractivity (Wildman–Crippen MR) is 58.4 cm³/mol. The Morgan fingerprint density at radius 3 is 3.00 bits per heavy atom. The Labute approximate surface area is 93.1 Å². The normalized spacial score (nSPS) is 25.8. The number of hydrogen-bond donors (Lipinski definition) is 2. The summed E-state index contributed by atoms with van der Waals surface area (Å²) in [4.78, 5) is 9.28. The van der Waals surface area contributed by atoms with Crippen LogP contribution in [-0.4, -0.2) is 34.3 Å². The molecular formula is C10H15FN4O. The van der Waals surface area contributed by atoms with Gasteiger partial charge in [0.2, 0.25) is 5.82 Å². The highest BCUT2D eigenvalue weighted by atomic mass is 19.1. The van der Waals surface area contributed by atoms with E-state index in [2.05, 4.69) is 9.97 Å². The van der Waals surface area contributed by atoms with Gasteiger partial charge in [0.15, 0.2) is 11.6 Å². The van der Waals surface area contributed by atoms with Crippen molar-refractivity contribution in [2.75, 3.05) is 23.7 Å². The molecule has 0 aromatic carbocycles. The molecule has 0 spiro atoms. The molecule has 88 valence electrons. The van der Waals surface area contributed by atoms with Crippen LogP contribution >= 0.6 is 0 Å². The summed E-state index contributed by atoms with van der Waals surface area (Å²) in [5.41, 5.74) is 5.39. The number of nitrogen functional groups attached to an aromatic ring is 1. The lowest BCUT2D eigenvalue weighted by molar-refractivity contribution is 0.0966. The average molecular weight is 226 g/mol. The molecule has 0 amide bonds. The first-order chi connectivity index (χ1) is 7.59. The van der Waals surface area contributed by atoms with Crippen LogP contribution in [0.5, 0.6) is 0 Å². The molecule has 1 aromatic rings. The molecule has 0 aliphatic carbocycles. The van der Waals surface area contributed by atoms with E-state index < -0.39 is 5.82 Å². The summed E-state index contributed by atoms with van der Waals surface area (Å²) >= 11 is 0. The Morgan fingerprint density at radius 2 is 2.31 bits per heavy atom.